The zero-order valence-electron chi connectivity index (χ0n) is 24.7. The zero-order chi connectivity index (χ0) is 30.9. The van der Waals surface area contributed by atoms with Crippen molar-refractivity contribution in [3.8, 4) is 0 Å². The Kier molecular flexibility index (Phi) is 9.25. The summed E-state index contributed by atoms with van der Waals surface area (Å²) in [6, 6.07) is 17.0. The van der Waals surface area contributed by atoms with E-state index in [0.29, 0.717) is 25.1 Å². The first-order chi connectivity index (χ1) is 20.7. The monoisotopic (exact) mass is 649 g/mol. The molecule has 3 aliphatic rings. The quantitative estimate of drug-likeness (QED) is 0.278. The van der Waals surface area contributed by atoms with Gasteiger partial charge in [-0.25, -0.2) is 0 Å². The molecule has 0 radical (unpaired) electrons. The van der Waals surface area contributed by atoms with E-state index in [0.717, 1.165) is 5.56 Å². The van der Waals surface area contributed by atoms with E-state index in [2.05, 4.69) is 29.1 Å². The third-order valence-corrected chi connectivity index (χ3v) is 9.89. The third kappa shape index (κ3) is 5.36. The van der Waals surface area contributed by atoms with E-state index in [9.17, 15) is 19.5 Å². The molecule has 8 nitrogen and oxygen atoms in total. The molecule has 3 unspecified atom stereocenters. The van der Waals surface area contributed by atoms with Crippen LogP contribution in [0.1, 0.15) is 25.8 Å². The number of fused-ring (bicyclic) bond motifs is 1. The van der Waals surface area contributed by atoms with Gasteiger partial charge in [0.1, 0.15) is 11.6 Å². The van der Waals surface area contributed by atoms with Gasteiger partial charge in [-0.15, -0.1) is 13.2 Å². The zero-order valence-corrected chi connectivity index (χ0v) is 26.3. The summed E-state index contributed by atoms with van der Waals surface area (Å²) < 4.78 is 6.74. The number of carbonyl (C=O) groups excluding carboxylic acids is 3. The number of amides is 3. The highest BCUT2D eigenvalue weighted by Crippen LogP contribution is 2.61. The molecule has 1 spiro atoms. The van der Waals surface area contributed by atoms with Crippen LogP contribution in [0.2, 0.25) is 0 Å². The number of nitrogens with zero attached hydrogens (tertiary/aromatic N) is 3. The molecular formula is C34H40BrN3O5. The van der Waals surface area contributed by atoms with Crippen molar-refractivity contribution < 1.29 is 24.2 Å². The molecular weight excluding hydrogens is 610 g/mol. The summed E-state index contributed by atoms with van der Waals surface area (Å²) in [7, 11) is 0. The van der Waals surface area contributed by atoms with Gasteiger partial charge in [0.2, 0.25) is 17.7 Å². The van der Waals surface area contributed by atoms with Gasteiger partial charge in [0, 0.05) is 29.6 Å². The van der Waals surface area contributed by atoms with E-state index in [1.54, 1.807) is 26.9 Å². The molecule has 43 heavy (non-hydrogen) atoms. The lowest BCUT2D eigenvalue weighted by Crippen LogP contribution is -2.60. The predicted molar refractivity (Wildman–Crippen MR) is 170 cm³/mol. The van der Waals surface area contributed by atoms with Crippen molar-refractivity contribution in [1.29, 1.82) is 0 Å². The van der Waals surface area contributed by atoms with Crippen LogP contribution in [-0.2, 0) is 25.5 Å². The number of alkyl halides is 1. The Morgan fingerprint density at radius 1 is 1.07 bits per heavy atom. The number of aliphatic hydroxyl groups excluding tert-OH is 1. The molecule has 9 heteroatoms. The molecule has 1 N–H and O–H groups in total. The van der Waals surface area contributed by atoms with Gasteiger partial charge in [-0.1, -0.05) is 76.6 Å². The van der Waals surface area contributed by atoms with Crippen LogP contribution in [0.3, 0.4) is 0 Å². The standard InChI is InChI=1S/C34H40BrN3O5/c1-5-17-36(22(3)4)33(42)30-34-20-26(35)29(43-34)27(31(40)37(18-6-2)24-15-11-8-12-16-24)28(34)32(41)38(30)25(21-39)19-23-13-9-7-10-14-23/h5-16,22,25-30,39H,1-2,17-21H2,3-4H3/t25-,26?,27-,28+,29-,30?,34?/m1/s1. The molecule has 0 saturated carbocycles. The summed E-state index contributed by atoms with van der Waals surface area (Å²) in [5.41, 5.74) is 0.390. The number of para-hydroxylation sites is 1. The molecule has 3 amide bonds. The normalized spacial score (nSPS) is 28.1. The molecule has 2 bridgehead atoms. The Morgan fingerprint density at radius 2 is 1.70 bits per heavy atom. The summed E-state index contributed by atoms with van der Waals surface area (Å²) in [6.45, 7) is 11.8. The number of halogens is 1. The highest BCUT2D eigenvalue weighted by atomic mass is 79.9. The number of anilines is 1. The fourth-order valence-electron chi connectivity index (χ4n) is 7.25. The number of hydrogen-bond acceptors (Lipinski definition) is 5. The molecule has 5 rings (SSSR count). The van der Waals surface area contributed by atoms with E-state index in [-0.39, 0.29) is 41.7 Å². The smallest absolute Gasteiger partial charge is 0.248 e. The molecule has 3 aliphatic heterocycles. The topological polar surface area (TPSA) is 90.4 Å². The molecule has 3 fully saturated rings. The molecule has 3 heterocycles. The van der Waals surface area contributed by atoms with Gasteiger partial charge in [-0.05, 0) is 44.4 Å². The van der Waals surface area contributed by atoms with Gasteiger partial charge >= 0.3 is 0 Å². The maximum Gasteiger partial charge on any atom is 0.248 e. The lowest BCUT2D eigenvalue weighted by atomic mass is 9.70. The number of ether oxygens (including phenoxy) is 1. The van der Waals surface area contributed by atoms with Crippen LogP contribution in [0.15, 0.2) is 86.0 Å². The van der Waals surface area contributed by atoms with Crippen LogP contribution < -0.4 is 4.90 Å². The van der Waals surface area contributed by atoms with Crippen molar-refractivity contribution in [3.05, 3.63) is 91.5 Å². The molecule has 0 aromatic heterocycles. The fourth-order valence-corrected chi connectivity index (χ4v) is 8.19. The van der Waals surface area contributed by atoms with Gasteiger partial charge in [-0.3, -0.25) is 14.4 Å². The number of aliphatic hydroxyl groups is 1. The predicted octanol–water partition coefficient (Wildman–Crippen LogP) is 3.98. The average molecular weight is 651 g/mol. The maximum absolute atomic E-state index is 14.7. The van der Waals surface area contributed by atoms with Crippen LogP contribution in [0.25, 0.3) is 0 Å². The Morgan fingerprint density at radius 3 is 2.28 bits per heavy atom. The average Bonchev–Trinajstić information content (AvgIpc) is 3.60. The largest absolute Gasteiger partial charge is 0.394 e. The van der Waals surface area contributed by atoms with E-state index < -0.39 is 35.6 Å². The van der Waals surface area contributed by atoms with E-state index in [1.165, 1.54) is 0 Å². The second-order valence-corrected chi connectivity index (χ2v) is 13.1. The van der Waals surface area contributed by atoms with Crippen LogP contribution >= 0.6 is 15.9 Å². The second kappa shape index (κ2) is 12.8. The minimum Gasteiger partial charge on any atom is -0.394 e. The van der Waals surface area contributed by atoms with Crippen molar-refractivity contribution in [3.63, 3.8) is 0 Å². The summed E-state index contributed by atoms with van der Waals surface area (Å²) >= 11 is 3.76. The molecule has 2 aromatic rings. The Labute approximate surface area is 262 Å². The third-order valence-electron chi connectivity index (χ3n) is 9.04. The van der Waals surface area contributed by atoms with Gasteiger partial charge in [-0.2, -0.15) is 0 Å². The number of hydrogen-bond donors (Lipinski definition) is 1. The first-order valence-corrected chi connectivity index (χ1v) is 15.8. The highest BCUT2D eigenvalue weighted by molar-refractivity contribution is 9.09. The fraction of sp³-hybridized carbons (Fsp3) is 0.441. The first-order valence-electron chi connectivity index (χ1n) is 14.9. The molecule has 2 aromatic carbocycles. The summed E-state index contributed by atoms with van der Waals surface area (Å²) in [4.78, 5) is 48.4. The van der Waals surface area contributed by atoms with Crippen molar-refractivity contribution in [2.75, 3.05) is 24.6 Å². The minimum absolute atomic E-state index is 0.170. The summed E-state index contributed by atoms with van der Waals surface area (Å²) in [5, 5.41) is 10.7. The van der Waals surface area contributed by atoms with Crippen LogP contribution in [0, 0.1) is 11.8 Å². The van der Waals surface area contributed by atoms with Crippen LogP contribution in [0.5, 0.6) is 0 Å². The van der Waals surface area contributed by atoms with E-state index in [1.807, 2.05) is 74.5 Å². The second-order valence-electron chi connectivity index (χ2n) is 11.9. The summed E-state index contributed by atoms with van der Waals surface area (Å²) in [5.74, 6) is -2.55. The molecule has 7 atom stereocenters. The van der Waals surface area contributed by atoms with Crippen LogP contribution in [0.4, 0.5) is 5.69 Å². The number of likely N-dealkylation sites (tertiary alicyclic amines) is 1. The van der Waals surface area contributed by atoms with E-state index >= 15 is 0 Å². The Bertz CT molecular complexity index is 1350. The number of benzene rings is 2. The molecule has 0 aliphatic carbocycles. The number of rotatable bonds is 12. The van der Waals surface area contributed by atoms with E-state index in [4.69, 9.17) is 4.74 Å². The van der Waals surface area contributed by atoms with Gasteiger partial charge in [0.15, 0.2) is 0 Å². The molecule has 228 valence electrons. The Hall–Kier alpha value is -3.27. The van der Waals surface area contributed by atoms with Gasteiger partial charge in [0.25, 0.3) is 0 Å². The lowest BCUT2D eigenvalue weighted by molar-refractivity contribution is -0.152. The SMILES string of the molecule is C=CCN(C(=O)[C@H]1[C@@H]2OC3(CC2Br)C(C(=O)N(CC=C)C(C)C)N([C@@H](CO)Cc2ccccc2)C(=O)[C@H]13)c1ccccc1. The Balaban J connectivity index is 1.62. The highest BCUT2D eigenvalue weighted by Gasteiger charge is 2.77. The molecule has 3 saturated heterocycles. The lowest BCUT2D eigenvalue weighted by Gasteiger charge is -2.40. The van der Waals surface area contributed by atoms with Crippen molar-refractivity contribution in [1.82, 2.24) is 9.80 Å². The first kappa shape index (κ1) is 31.2. The van der Waals surface area contributed by atoms with Gasteiger partial charge in [0.05, 0.1) is 30.6 Å². The van der Waals surface area contributed by atoms with Gasteiger partial charge < -0.3 is 24.5 Å². The number of carbonyl (C=O) groups is 3. The maximum atomic E-state index is 14.7. The van der Waals surface area contributed by atoms with Crippen molar-refractivity contribution in [2.45, 2.75) is 61.3 Å². The van der Waals surface area contributed by atoms with Crippen molar-refractivity contribution in [2.24, 2.45) is 11.8 Å². The van der Waals surface area contributed by atoms with Crippen molar-refractivity contribution >= 4 is 39.3 Å². The minimum atomic E-state index is -1.23. The summed E-state index contributed by atoms with van der Waals surface area (Å²) in [6.07, 6.45) is 3.48. The van der Waals surface area contributed by atoms with Crippen LogP contribution in [-0.4, -0.2) is 87.0 Å².